The Kier molecular flexibility index (Phi) is 11.6. The minimum atomic E-state index is -3.80. The van der Waals surface area contributed by atoms with Gasteiger partial charge in [0.2, 0.25) is 21.8 Å². The van der Waals surface area contributed by atoms with Crippen molar-refractivity contribution in [3.05, 3.63) is 96.1 Å². The van der Waals surface area contributed by atoms with Gasteiger partial charge < -0.3 is 15.0 Å². The summed E-state index contributed by atoms with van der Waals surface area (Å²) in [6.45, 7) is 4.46. The smallest absolute Gasteiger partial charge is 0.244 e. The van der Waals surface area contributed by atoms with Crippen LogP contribution in [-0.2, 0) is 32.6 Å². The van der Waals surface area contributed by atoms with Gasteiger partial charge in [0.1, 0.15) is 24.9 Å². The third-order valence-electron chi connectivity index (χ3n) is 6.53. The summed E-state index contributed by atoms with van der Waals surface area (Å²) in [6.07, 6.45) is 3.37. The van der Waals surface area contributed by atoms with E-state index in [-0.39, 0.29) is 12.5 Å². The van der Waals surface area contributed by atoms with Crippen molar-refractivity contribution in [3.8, 4) is 5.75 Å². The summed E-state index contributed by atoms with van der Waals surface area (Å²) in [7, 11) is -3.80. The Balaban J connectivity index is 1.76. The number of amides is 2. The second-order valence-corrected chi connectivity index (χ2v) is 11.6. The van der Waals surface area contributed by atoms with Gasteiger partial charge in [-0.1, -0.05) is 74.0 Å². The standard InChI is InChI=1S/C31H39N3O5S/c1-4-5-21-32-31(36)25(2)33(22-20-26-12-8-6-9-13-26)30(35)23-34(40(3,37)38)28-16-18-29(19-17-28)39-24-27-14-10-7-11-15-27/h6-19,25H,4-5,20-24H2,1-3H3,(H,32,36). The zero-order valence-electron chi connectivity index (χ0n) is 23.5. The van der Waals surface area contributed by atoms with Gasteiger partial charge in [0, 0.05) is 13.1 Å². The second-order valence-electron chi connectivity index (χ2n) is 9.68. The fraction of sp³-hybridized carbons (Fsp3) is 0.355. The van der Waals surface area contributed by atoms with E-state index in [1.807, 2.05) is 67.6 Å². The van der Waals surface area contributed by atoms with Crippen molar-refractivity contribution >= 4 is 27.5 Å². The maximum Gasteiger partial charge on any atom is 0.244 e. The van der Waals surface area contributed by atoms with Gasteiger partial charge in [-0.3, -0.25) is 13.9 Å². The van der Waals surface area contributed by atoms with Crippen LogP contribution in [0.25, 0.3) is 0 Å². The van der Waals surface area contributed by atoms with Crippen LogP contribution in [0.4, 0.5) is 5.69 Å². The van der Waals surface area contributed by atoms with Crippen LogP contribution in [0.2, 0.25) is 0 Å². The van der Waals surface area contributed by atoms with Gasteiger partial charge in [0.05, 0.1) is 11.9 Å². The third-order valence-corrected chi connectivity index (χ3v) is 7.67. The first-order valence-corrected chi connectivity index (χ1v) is 15.4. The van der Waals surface area contributed by atoms with Gasteiger partial charge in [-0.25, -0.2) is 8.42 Å². The molecule has 0 saturated carbocycles. The van der Waals surface area contributed by atoms with Crippen LogP contribution in [0.15, 0.2) is 84.9 Å². The molecule has 3 aromatic rings. The first-order valence-electron chi connectivity index (χ1n) is 13.5. The average molecular weight is 566 g/mol. The van der Waals surface area contributed by atoms with E-state index < -0.39 is 28.5 Å². The summed E-state index contributed by atoms with van der Waals surface area (Å²) < 4.78 is 32.5. The second kappa shape index (κ2) is 15.1. The first kappa shape index (κ1) is 30.7. The number of nitrogens with one attached hydrogen (secondary N) is 1. The molecule has 1 atom stereocenters. The maximum atomic E-state index is 13.6. The van der Waals surface area contributed by atoms with E-state index in [4.69, 9.17) is 4.74 Å². The number of benzene rings is 3. The highest BCUT2D eigenvalue weighted by molar-refractivity contribution is 7.92. The van der Waals surface area contributed by atoms with Crippen LogP contribution in [0, 0.1) is 0 Å². The summed E-state index contributed by atoms with van der Waals surface area (Å²) >= 11 is 0. The number of unbranched alkanes of at least 4 members (excludes halogenated alkanes) is 1. The summed E-state index contributed by atoms with van der Waals surface area (Å²) in [6, 6.07) is 25.2. The van der Waals surface area contributed by atoms with Gasteiger partial charge >= 0.3 is 0 Å². The van der Waals surface area contributed by atoms with Gasteiger partial charge in [-0.2, -0.15) is 0 Å². The molecule has 3 rings (SSSR count). The van der Waals surface area contributed by atoms with E-state index >= 15 is 0 Å². The maximum absolute atomic E-state index is 13.6. The van der Waals surface area contributed by atoms with Crippen molar-refractivity contribution in [3.63, 3.8) is 0 Å². The van der Waals surface area contributed by atoms with E-state index in [0.717, 1.165) is 34.5 Å². The third kappa shape index (κ3) is 9.41. The molecule has 2 amide bonds. The Morgan fingerprint density at radius 3 is 2.08 bits per heavy atom. The van der Waals surface area contributed by atoms with Crippen molar-refractivity contribution in [2.45, 2.75) is 45.8 Å². The SMILES string of the molecule is CCCCNC(=O)C(C)N(CCc1ccccc1)C(=O)CN(c1ccc(OCc2ccccc2)cc1)S(C)(=O)=O. The van der Waals surface area contributed by atoms with Crippen LogP contribution in [0.3, 0.4) is 0 Å². The molecule has 9 heteroatoms. The Bertz CT molecular complexity index is 1320. The Labute approximate surface area is 238 Å². The van der Waals surface area contributed by atoms with E-state index in [2.05, 4.69) is 5.32 Å². The zero-order chi connectivity index (χ0) is 29.0. The molecule has 0 aromatic heterocycles. The highest BCUT2D eigenvalue weighted by Gasteiger charge is 2.29. The number of carbonyl (C=O) groups is 2. The molecule has 3 aromatic carbocycles. The largest absolute Gasteiger partial charge is 0.489 e. The molecule has 0 aliphatic carbocycles. The lowest BCUT2D eigenvalue weighted by Gasteiger charge is -2.31. The summed E-state index contributed by atoms with van der Waals surface area (Å²) in [5.74, 6) is -0.140. The van der Waals surface area contributed by atoms with Gasteiger partial charge in [0.15, 0.2) is 0 Å². The number of sulfonamides is 1. The molecule has 0 saturated heterocycles. The van der Waals surface area contributed by atoms with Crippen molar-refractivity contribution in [1.29, 1.82) is 0 Å². The Hall–Kier alpha value is -3.85. The number of carbonyl (C=O) groups excluding carboxylic acids is 2. The highest BCUT2D eigenvalue weighted by atomic mass is 32.2. The van der Waals surface area contributed by atoms with Gasteiger partial charge in [0.25, 0.3) is 0 Å². The lowest BCUT2D eigenvalue weighted by molar-refractivity contribution is -0.138. The fourth-order valence-corrected chi connectivity index (χ4v) is 5.02. The van der Waals surface area contributed by atoms with Crippen molar-refractivity contribution < 1.29 is 22.7 Å². The number of rotatable bonds is 15. The quantitative estimate of drug-likeness (QED) is 0.276. The topological polar surface area (TPSA) is 96.0 Å². The molecule has 1 N–H and O–H groups in total. The number of ether oxygens (including phenoxy) is 1. The molecule has 0 spiro atoms. The fourth-order valence-electron chi connectivity index (χ4n) is 4.17. The molecule has 8 nitrogen and oxygen atoms in total. The van der Waals surface area contributed by atoms with Crippen molar-refractivity contribution in [1.82, 2.24) is 10.2 Å². The van der Waals surface area contributed by atoms with Crippen LogP contribution >= 0.6 is 0 Å². The number of anilines is 1. The minimum absolute atomic E-state index is 0.263. The molecule has 0 bridgehead atoms. The molecule has 0 heterocycles. The average Bonchev–Trinajstić information content (AvgIpc) is 2.95. The van der Waals surface area contributed by atoms with E-state index in [9.17, 15) is 18.0 Å². The number of nitrogens with zero attached hydrogens (tertiary/aromatic N) is 2. The summed E-state index contributed by atoms with van der Waals surface area (Å²) in [5.41, 5.74) is 2.37. The molecule has 0 radical (unpaired) electrons. The Morgan fingerprint density at radius 1 is 0.900 bits per heavy atom. The minimum Gasteiger partial charge on any atom is -0.489 e. The molecule has 40 heavy (non-hydrogen) atoms. The van der Waals surface area contributed by atoms with Crippen LogP contribution in [0.1, 0.15) is 37.8 Å². The van der Waals surface area contributed by atoms with Gasteiger partial charge in [-0.05, 0) is 55.2 Å². The molecule has 0 aliphatic heterocycles. The van der Waals surface area contributed by atoms with Crippen LogP contribution in [0.5, 0.6) is 5.75 Å². The van der Waals surface area contributed by atoms with Crippen molar-refractivity contribution in [2.24, 2.45) is 0 Å². The first-order chi connectivity index (χ1) is 19.2. The van der Waals surface area contributed by atoms with Gasteiger partial charge in [-0.15, -0.1) is 0 Å². The summed E-state index contributed by atoms with van der Waals surface area (Å²) in [4.78, 5) is 28.0. The Morgan fingerprint density at radius 2 is 1.50 bits per heavy atom. The van der Waals surface area contributed by atoms with Crippen molar-refractivity contribution in [2.75, 3.05) is 30.2 Å². The normalized spacial score (nSPS) is 11.9. The molecule has 0 fully saturated rings. The summed E-state index contributed by atoms with van der Waals surface area (Å²) in [5, 5.41) is 2.88. The molecule has 1 unspecified atom stereocenters. The van der Waals surface area contributed by atoms with Crippen LogP contribution in [-0.4, -0.2) is 57.1 Å². The van der Waals surface area contributed by atoms with E-state index in [1.165, 1.54) is 4.90 Å². The molecular weight excluding hydrogens is 526 g/mol. The number of hydrogen-bond acceptors (Lipinski definition) is 5. The lowest BCUT2D eigenvalue weighted by atomic mass is 10.1. The van der Waals surface area contributed by atoms with E-state index in [0.29, 0.717) is 31.0 Å². The lowest BCUT2D eigenvalue weighted by Crippen LogP contribution is -2.52. The zero-order valence-corrected chi connectivity index (χ0v) is 24.3. The molecule has 0 aliphatic rings. The number of hydrogen-bond donors (Lipinski definition) is 1. The predicted molar refractivity (Wildman–Crippen MR) is 159 cm³/mol. The highest BCUT2D eigenvalue weighted by Crippen LogP contribution is 2.23. The van der Waals surface area contributed by atoms with Crippen LogP contribution < -0.4 is 14.4 Å². The monoisotopic (exact) mass is 565 g/mol. The molecular formula is C31H39N3O5S. The molecule has 214 valence electrons. The predicted octanol–water partition coefficient (Wildman–Crippen LogP) is 4.41. The van der Waals surface area contributed by atoms with E-state index in [1.54, 1.807) is 31.2 Å².